The van der Waals surface area contributed by atoms with Crippen molar-refractivity contribution in [1.82, 2.24) is 20.3 Å². The summed E-state index contributed by atoms with van der Waals surface area (Å²) in [5.74, 6) is 0. The quantitative estimate of drug-likeness (QED) is 0.389. The van der Waals surface area contributed by atoms with Gasteiger partial charge in [-0.25, -0.2) is 0 Å². The van der Waals surface area contributed by atoms with E-state index in [1.54, 1.807) is 10.4 Å². The van der Waals surface area contributed by atoms with Crippen molar-refractivity contribution in [3.63, 3.8) is 0 Å². The van der Waals surface area contributed by atoms with Crippen molar-refractivity contribution >= 4 is 11.6 Å². The molecule has 5 heteroatoms. The van der Waals surface area contributed by atoms with Gasteiger partial charge in [-0.2, -0.15) is 15.0 Å². The largest absolute Gasteiger partial charge is 0.311 e. The lowest BCUT2D eigenvalue weighted by atomic mass is 9.97. The summed E-state index contributed by atoms with van der Waals surface area (Å²) in [5.41, 5.74) is 5.71. The molecule has 0 bridgehead atoms. The van der Waals surface area contributed by atoms with Crippen LogP contribution in [0.1, 0.15) is 43.4 Å². The minimum atomic E-state index is 0.604. The first kappa shape index (κ1) is 19.9. The highest BCUT2D eigenvalue weighted by Crippen LogP contribution is 2.22. The first-order valence-corrected chi connectivity index (χ1v) is 10.8. The van der Waals surface area contributed by atoms with Gasteiger partial charge < -0.3 is 5.32 Å². The van der Waals surface area contributed by atoms with Gasteiger partial charge >= 0.3 is 0 Å². The number of aromatic nitrogens is 3. The van der Waals surface area contributed by atoms with Crippen LogP contribution < -0.4 is 5.32 Å². The highest BCUT2D eigenvalue weighted by molar-refractivity contribution is 6.30. The van der Waals surface area contributed by atoms with Gasteiger partial charge in [0.1, 0.15) is 11.4 Å². The van der Waals surface area contributed by atoms with Crippen molar-refractivity contribution in [3.05, 3.63) is 82.5 Å². The van der Waals surface area contributed by atoms with Crippen molar-refractivity contribution in [2.45, 2.75) is 45.2 Å². The summed E-state index contributed by atoms with van der Waals surface area (Å²) in [6.07, 6.45) is 8.71. The lowest BCUT2D eigenvalue weighted by molar-refractivity contribution is 0.574. The van der Waals surface area contributed by atoms with Crippen LogP contribution in [-0.2, 0) is 13.1 Å². The summed E-state index contributed by atoms with van der Waals surface area (Å²) in [6, 6.07) is 18.1. The molecule has 4 rings (SSSR count). The van der Waals surface area contributed by atoms with Crippen LogP contribution in [0.4, 0.5) is 0 Å². The Kier molecular flexibility index (Phi) is 6.75. The van der Waals surface area contributed by atoms with Crippen molar-refractivity contribution < 1.29 is 0 Å². The zero-order chi connectivity index (χ0) is 19.9. The van der Waals surface area contributed by atoms with E-state index in [1.807, 2.05) is 42.5 Å². The molecule has 0 atom stereocenters. The topological polar surface area (TPSA) is 42.7 Å². The molecule has 3 aromatic rings. The van der Waals surface area contributed by atoms with Crippen LogP contribution in [0.15, 0.2) is 66.2 Å². The van der Waals surface area contributed by atoms with E-state index in [-0.39, 0.29) is 0 Å². The molecule has 0 aliphatic heterocycles. The fourth-order valence-corrected chi connectivity index (χ4v) is 3.99. The molecule has 0 saturated carbocycles. The monoisotopic (exact) mass is 406 g/mol. The Morgan fingerprint density at radius 3 is 2.69 bits per heavy atom. The summed E-state index contributed by atoms with van der Waals surface area (Å²) < 4.78 is 0. The molecule has 29 heavy (non-hydrogen) atoms. The molecule has 150 valence electrons. The van der Waals surface area contributed by atoms with Gasteiger partial charge in [0.25, 0.3) is 0 Å². The van der Waals surface area contributed by atoms with Crippen LogP contribution in [0.3, 0.4) is 0 Å². The SMILES string of the molecule is Clc1cccc(Cn2nc(CNCCC3=CCCCC3)c(-c3ccccc3)n2)c1. The molecule has 4 nitrogen and oxygen atoms in total. The van der Waals surface area contributed by atoms with E-state index in [0.29, 0.717) is 13.1 Å². The highest BCUT2D eigenvalue weighted by Gasteiger charge is 2.13. The Bertz CT molecular complexity index is 962. The average Bonchev–Trinajstić information content (AvgIpc) is 3.15. The first-order valence-electron chi connectivity index (χ1n) is 10.4. The van der Waals surface area contributed by atoms with Crippen molar-refractivity contribution in [2.75, 3.05) is 6.54 Å². The Hall–Kier alpha value is -2.43. The van der Waals surface area contributed by atoms with Gasteiger partial charge in [0.2, 0.25) is 0 Å². The number of hydrogen-bond acceptors (Lipinski definition) is 3. The lowest BCUT2D eigenvalue weighted by Gasteiger charge is -2.12. The zero-order valence-electron chi connectivity index (χ0n) is 16.6. The predicted molar refractivity (Wildman–Crippen MR) is 119 cm³/mol. The second-order valence-electron chi connectivity index (χ2n) is 7.56. The van der Waals surface area contributed by atoms with E-state index in [9.17, 15) is 0 Å². The summed E-state index contributed by atoms with van der Waals surface area (Å²) >= 11 is 6.13. The standard InChI is InChI=1S/C24H27ClN4/c25-22-13-7-10-20(16-22)18-29-27-23(24(28-29)21-11-5-2-6-12-21)17-26-15-14-19-8-3-1-4-9-19/h2,5-8,10-13,16,26H,1,3-4,9,14-15,17-18H2. The van der Waals surface area contributed by atoms with Gasteiger partial charge in [-0.3, -0.25) is 0 Å². The fraction of sp³-hybridized carbons (Fsp3) is 0.333. The Morgan fingerprint density at radius 1 is 1.00 bits per heavy atom. The molecule has 0 saturated heterocycles. The summed E-state index contributed by atoms with van der Waals surface area (Å²) in [5, 5.41) is 13.9. The molecular formula is C24H27ClN4. The number of nitrogens with zero attached hydrogens (tertiary/aromatic N) is 3. The van der Waals surface area contributed by atoms with Crippen molar-refractivity contribution in [3.8, 4) is 11.3 Å². The number of allylic oxidation sites excluding steroid dienone is 1. The summed E-state index contributed by atoms with van der Waals surface area (Å²) in [4.78, 5) is 1.77. The predicted octanol–water partition coefficient (Wildman–Crippen LogP) is 5.63. The van der Waals surface area contributed by atoms with Crippen LogP contribution in [0.2, 0.25) is 5.02 Å². The number of halogens is 1. The van der Waals surface area contributed by atoms with Gasteiger partial charge in [-0.05, 0) is 56.3 Å². The minimum absolute atomic E-state index is 0.604. The molecule has 0 amide bonds. The normalized spacial score (nSPS) is 14.0. The van der Waals surface area contributed by atoms with Gasteiger partial charge in [0, 0.05) is 17.1 Å². The van der Waals surface area contributed by atoms with E-state index in [4.69, 9.17) is 21.8 Å². The summed E-state index contributed by atoms with van der Waals surface area (Å²) in [7, 11) is 0. The first-order chi connectivity index (χ1) is 14.3. The van der Waals surface area contributed by atoms with Crippen molar-refractivity contribution in [2.24, 2.45) is 0 Å². The van der Waals surface area contributed by atoms with Gasteiger partial charge in [0.15, 0.2) is 0 Å². The molecule has 1 N–H and O–H groups in total. The maximum Gasteiger partial charge on any atom is 0.117 e. The molecule has 0 fully saturated rings. The number of rotatable bonds is 8. The Balaban J connectivity index is 1.46. The van der Waals surface area contributed by atoms with Gasteiger partial charge in [-0.15, -0.1) is 0 Å². The maximum absolute atomic E-state index is 6.13. The molecular weight excluding hydrogens is 380 g/mol. The molecule has 0 unspecified atom stereocenters. The van der Waals surface area contributed by atoms with E-state index >= 15 is 0 Å². The molecule has 1 heterocycles. The highest BCUT2D eigenvalue weighted by atomic mass is 35.5. The smallest absolute Gasteiger partial charge is 0.117 e. The van der Waals surface area contributed by atoms with Gasteiger partial charge in [0.05, 0.1) is 6.54 Å². The minimum Gasteiger partial charge on any atom is -0.311 e. The van der Waals surface area contributed by atoms with E-state index < -0.39 is 0 Å². The molecule has 2 aromatic carbocycles. The van der Waals surface area contributed by atoms with Crippen LogP contribution >= 0.6 is 11.6 Å². The third-order valence-corrected chi connectivity index (χ3v) is 5.52. The van der Waals surface area contributed by atoms with E-state index in [2.05, 4.69) is 23.5 Å². The number of nitrogens with one attached hydrogen (secondary N) is 1. The molecule has 0 spiro atoms. The van der Waals surface area contributed by atoms with Crippen LogP contribution in [0, 0.1) is 0 Å². The van der Waals surface area contributed by atoms with Crippen LogP contribution in [0.5, 0.6) is 0 Å². The van der Waals surface area contributed by atoms with Gasteiger partial charge in [-0.1, -0.05) is 65.7 Å². The Labute approximate surface area is 177 Å². The fourth-order valence-electron chi connectivity index (χ4n) is 3.78. The number of hydrogen-bond donors (Lipinski definition) is 1. The van der Waals surface area contributed by atoms with E-state index in [1.165, 1.54) is 25.7 Å². The maximum atomic E-state index is 6.13. The second kappa shape index (κ2) is 9.86. The molecule has 0 radical (unpaired) electrons. The average molecular weight is 407 g/mol. The van der Waals surface area contributed by atoms with Crippen LogP contribution in [-0.4, -0.2) is 21.5 Å². The van der Waals surface area contributed by atoms with Crippen molar-refractivity contribution in [1.29, 1.82) is 0 Å². The lowest BCUT2D eigenvalue weighted by Crippen LogP contribution is -2.17. The third-order valence-electron chi connectivity index (χ3n) is 5.29. The Morgan fingerprint density at radius 2 is 1.90 bits per heavy atom. The van der Waals surface area contributed by atoms with Crippen LogP contribution in [0.25, 0.3) is 11.3 Å². The van der Waals surface area contributed by atoms with E-state index in [0.717, 1.165) is 40.5 Å². The summed E-state index contributed by atoms with van der Waals surface area (Å²) in [6.45, 7) is 2.29. The molecule has 1 aromatic heterocycles. The third kappa shape index (κ3) is 5.55. The number of benzene rings is 2. The zero-order valence-corrected chi connectivity index (χ0v) is 17.4. The molecule has 1 aliphatic carbocycles. The molecule has 1 aliphatic rings. The second-order valence-corrected chi connectivity index (χ2v) is 7.99.